The lowest BCUT2D eigenvalue weighted by atomic mass is 9.81. The Hall–Kier alpha value is -3.17. The van der Waals surface area contributed by atoms with Crippen molar-refractivity contribution in [3.63, 3.8) is 0 Å². The summed E-state index contributed by atoms with van der Waals surface area (Å²) in [6, 6.07) is 22.1. The molecule has 0 radical (unpaired) electrons. The molecule has 0 bridgehead atoms. The van der Waals surface area contributed by atoms with E-state index in [1.807, 2.05) is 33.5 Å². The van der Waals surface area contributed by atoms with Gasteiger partial charge in [0.15, 0.2) is 5.71 Å². The third-order valence-electron chi connectivity index (χ3n) is 8.58. The molecule has 2 nitrogen and oxygen atoms in total. The van der Waals surface area contributed by atoms with Gasteiger partial charge in [-0.15, -0.1) is 0 Å². The molecule has 0 aromatic heterocycles. The average molecular weight is 671 g/mol. The third kappa shape index (κ3) is 8.17. The number of anilines is 1. The van der Waals surface area contributed by atoms with Gasteiger partial charge in [0, 0.05) is 41.1 Å². The number of halogens is 1. The molecule has 0 amide bonds. The molecule has 242 valence electrons. The second kappa shape index (κ2) is 17.5. The van der Waals surface area contributed by atoms with E-state index in [-0.39, 0.29) is 10.8 Å². The number of para-hydroxylation sites is 1. The van der Waals surface area contributed by atoms with Crippen molar-refractivity contribution >= 4 is 43.8 Å². The predicted molar refractivity (Wildman–Crippen MR) is 207 cm³/mol. The van der Waals surface area contributed by atoms with E-state index >= 15 is 0 Å². The van der Waals surface area contributed by atoms with Gasteiger partial charge in [0.05, 0.1) is 5.41 Å². The first-order valence-electron chi connectivity index (χ1n) is 16.7. The Morgan fingerprint density at radius 1 is 0.756 bits per heavy atom. The zero-order chi connectivity index (χ0) is 33.8. The number of nitrogens with zero attached hydrogens (tertiary/aromatic N) is 2. The van der Waals surface area contributed by atoms with Crippen LogP contribution in [0.5, 0.6) is 0 Å². The zero-order valence-electron chi connectivity index (χ0n) is 30.1. The molecule has 3 aromatic rings. The van der Waals surface area contributed by atoms with Crippen molar-refractivity contribution in [3.8, 4) is 0 Å². The molecule has 3 aromatic carbocycles. The Balaban J connectivity index is 0.00000111. The number of rotatable bonds is 7. The molecule has 0 saturated heterocycles. The summed E-state index contributed by atoms with van der Waals surface area (Å²) >= 11 is 2.94. The molecular formula is C42H58BrN2+. The topological polar surface area (TPSA) is 6.25 Å². The number of allylic oxidation sites excluding steroid dienone is 8. The quantitative estimate of drug-likeness (QED) is 0.138. The molecule has 0 aliphatic carbocycles. The first kappa shape index (κ1) is 38.0. The van der Waals surface area contributed by atoms with E-state index in [4.69, 9.17) is 0 Å². The van der Waals surface area contributed by atoms with E-state index in [2.05, 4.69) is 177 Å². The molecule has 2 aliphatic heterocycles. The van der Waals surface area contributed by atoms with Gasteiger partial charge in [-0.2, -0.15) is 4.58 Å². The molecule has 45 heavy (non-hydrogen) atoms. The van der Waals surface area contributed by atoms with Crippen LogP contribution >= 0.6 is 15.9 Å². The van der Waals surface area contributed by atoms with Gasteiger partial charge in [0.2, 0.25) is 5.69 Å². The maximum atomic E-state index is 2.94. The van der Waals surface area contributed by atoms with Gasteiger partial charge >= 0.3 is 0 Å². The number of benzene rings is 3. The van der Waals surface area contributed by atoms with Crippen LogP contribution in [0.4, 0.5) is 11.4 Å². The van der Waals surface area contributed by atoms with Crippen LogP contribution in [-0.2, 0) is 10.8 Å². The summed E-state index contributed by atoms with van der Waals surface area (Å²) in [5.74, 6) is 2.48. The Morgan fingerprint density at radius 3 is 2.02 bits per heavy atom. The van der Waals surface area contributed by atoms with Crippen molar-refractivity contribution in [1.82, 2.24) is 0 Å². The molecule has 0 spiro atoms. The van der Waals surface area contributed by atoms with Gasteiger partial charge in [-0.1, -0.05) is 150 Å². The fourth-order valence-corrected chi connectivity index (χ4v) is 6.45. The summed E-state index contributed by atoms with van der Waals surface area (Å²) in [4.78, 5) is 2.56. The van der Waals surface area contributed by atoms with Crippen molar-refractivity contribution < 1.29 is 4.58 Å². The minimum absolute atomic E-state index is 0.00260. The van der Waals surface area contributed by atoms with Crippen LogP contribution in [0.1, 0.15) is 86.8 Å². The molecule has 0 atom stereocenters. The first-order chi connectivity index (χ1) is 21.6. The van der Waals surface area contributed by atoms with Gasteiger partial charge in [0.1, 0.15) is 7.05 Å². The van der Waals surface area contributed by atoms with E-state index in [0.29, 0.717) is 5.92 Å². The number of hydrogen-bond donors (Lipinski definition) is 0. The van der Waals surface area contributed by atoms with Crippen LogP contribution < -0.4 is 4.90 Å². The zero-order valence-corrected chi connectivity index (χ0v) is 31.7. The van der Waals surface area contributed by atoms with Gasteiger partial charge in [0.25, 0.3) is 0 Å². The summed E-state index contributed by atoms with van der Waals surface area (Å²) in [7, 11) is 2.17. The second-order valence-electron chi connectivity index (χ2n) is 12.4. The molecular weight excluding hydrogens is 612 g/mol. The minimum atomic E-state index is -0.0641. The number of fused-ring (bicyclic) bond motifs is 4. The van der Waals surface area contributed by atoms with Gasteiger partial charge in [-0.3, -0.25) is 0 Å². The molecule has 3 heteroatoms. The molecule has 0 N–H and O–H groups in total. The summed E-state index contributed by atoms with van der Waals surface area (Å²) in [6.07, 6.45) is 16.5. The van der Waals surface area contributed by atoms with E-state index in [9.17, 15) is 0 Å². The van der Waals surface area contributed by atoms with Crippen molar-refractivity contribution in [1.29, 1.82) is 0 Å². The van der Waals surface area contributed by atoms with Crippen LogP contribution in [0.2, 0.25) is 0 Å². The largest absolute Gasteiger partial charge is 0.344 e. The predicted octanol–water partition coefficient (Wildman–Crippen LogP) is 12.3. The van der Waals surface area contributed by atoms with E-state index in [0.717, 1.165) is 6.54 Å². The Bertz CT molecular complexity index is 1550. The van der Waals surface area contributed by atoms with Crippen LogP contribution in [0.25, 0.3) is 10.8 Å². The summed E-state index contributed by atoms with van der Waals surface area (Å²) in [5.41, 5.74) is 8.12. The lowest BCUT2D eigenvalue weighted by Crippen LogP contribution is -2.27. The third-order valence-corrected chi connectivity index (χ3v) is 8.58. The fraction of sp³-hybridized carbons (Fsp3) is 0.405. The molecule has 2 aliphatic rings. The van der Waals surface area contributed by atoms with E-state index < -0.39 is 0 Å². The maximum absolute atomic E-state index is 2.94. The SMILES string of the molecule is CBr.CC.CC.CC(C)CCN1/C(=C/C=C/C=C/C=C/C2=[N+](C)c3ccccc3C2(C)C)C(C)(C)c2c1ccc1ccccc21. The first-order valence-corrected chi connectivity index (χ1v) is 18.3. The normalized spacial score (nSPS) is 16.9. The molecule has 0 unspecified atom stereocenters. The monoisotopic (exact) mass is 669 g/mol. The minimum Gasteiger partial charge on any atom is -0.344 e. The van der Waals surface area contributed by atoms with E-state index in [1.54, 1.807) is 0 Å². The number of alkyl halides is 1. The van der Waals surface area contributed by atoms with Crippen LogP contribution in [0.3, 0.4) is 0 Å². The molecule has 0 fully saturated rings. The highest BCUT2D eigenvalue weighted by atomic mass is 79.9. The lowest BCUT2D eigenvalue weighted by Gasteiger charge is -2.27. The molecule has 5 rings (SSSR count). The highest BCUT2D eigenvalue weighted by molar-refractivity contribution is 9.08. The van der Waals surface area contributed by atoms with Crippen LogP contribution in [0.15, 0.2) is 109 Å². The number of hydrogen-bond acceptors (Lipinski definition) is 1. The highest BCUT2D eigenvalue weighted by Crippen LogP contribution is 2.50. The standard InChI is InChI=1S/C37H43N2.2C2H6.CH3Br/c1-27(2)25-26-39-32-24-23-28-17-13-14-18-29(28)35(32)37(5,6)34(39)22-12-10-8-9-11-21-33-36(3,4)30-19-15-16-20-31(30)38(33)7;3*1-2/h8-24,27H,25-26H2,1-7H3;2*1-2H3;1H3/q+1;;;. The average Bonchev–Trinajstić information content (AvgIpc) is 3.40. The smallest absolute Gasteiger partial charge is 0.209 e. The Labute approximate surface area is 284 Å². The summed E-state index contributed by atoms with van der Waals surface area (Å²) < 4.78 is 2.31. The van der Waals surface area contributed by atoms with Crippen LogP contribution in [0, 0.1) is 5.92 Å². The van der Waals surface area contributed by atoms with Gasteiger partial charge < -0.3 is 4.90 Å². The Kier molecular flexibility index (Phi) is 14.8. The molecule has 2 heterocycles. The van der Waals surface area contributed by atoms with Crippen molar-refractivity contribution in [2.75, 3.05) is 24.3 Å². The van der Waals surface area contributed by atoms with Gasteiger partial charge in [-0.05, 0) is 60.5 Å². The second-order valence-corrected chi connectivity index (χ2v) is 12.4. The lowest BCUT2D eigenvalue weighted by molar-refractivity contribution is -0.401. The summed E-state index contributed by atoms with van der Waals surface area (Å²) in [5, 5.41) is 2.68. The van der Waals surface area contributed by atoms with Crippen LogP contribution in [-0.4, -0.2) is 29.7 Å². The van der Waals surface area contributed by atoms with Crippen molar-refractivity contribution in [2.24, 2.45) is 5.92 Å². The summed E-state index contributed by atoms with van der Waals surface area (Å²) in [6.45, 7) is 23.0. The Morgan fingerprint density at radius 2 is 1.36 bits per heavy atom. The fourth-order valence-electron chi connectivity index (χ4n) is 6.45. The van der Waals surface area contributed by atoms with Crippen molar-refractivity contribution in [2.45, 2.75) is 86.5 Å². The molecule has 0 saturated carbocycles. The van der Waals surface area contributed by atoms with Gasteiger partial charge in [-0.25, -0.2) is 0 Å². The van der Waals surface area contributed by atoms with Crippen molar-refractivity contribution in [3.05, 3.63) is 120 Å². The maximum Gasteiger partial charge on any atom is 0.209 e. The highest BCUT2D eigenvalue weighted by Gasteiger charge is 2.42. The van der Waals surface area contributed by atoms with E-state index in [1.165, 1.54) is 51.1 Å².